The lowest BCUT2D eigenvalue weighted by molar-refractivity contribution is -0.137. The van der Waals surface area contributed by atoms with E-state index in [1.165, 1.54) is 11.6 Å². The van der Waals surface area contributed by atoms with E-state index in [-0.39, 0.29) is 23.9 Å². The minimum absolute atomic E-state index is 0.130. The first-order valence-corrected chi connectivity index (χ1v) is 9.05. The van der Waals surface area contributed by atoms with Gasteiger partial charge in [0, 0.05) is 24.4 Å². The number of nitrogens with zero attached hydrogens (tertiary/aromatic N) is 3. The first-order valence-electron chi connectivity index (χ1n) is 9.05. The summed E-state index contributed by atoms with van der Waals surface area (Å²) >= 11 is 0. The van der Waals surface area contributed by atoms with Gasteiger partial charge in [-0.3, -0.25) is 14.5 Å². The van der Waals surface area contributed by atoms with Gasteiger partial charge in [0.2, 0.25) is 11.8 Å². The van der Waals surface area contributed by atoms with Crippen molar-refractivity contribution in [3.63, 3.8) is 0 Å². The maximum atomic E-state index is 13.1. The van der Waals surface area contributed by atoms with E-state index in [0.717, 1.165) is 4.90 Å². The molecule has 2 unspecified atom stereocenters. The average Bonchev–Trinajstić information content (AvgIpc) is 3.08. The highest BCUT2D eigenvalue weighted by molar-refractivity contribution is 6.20. The number of imide groups is 1. The molecule has 1 aromatic heterocycles. The average molecular weight is 383 g/mol. The van der Waals surface area contributed by atoms with Crippen molar-refractivity contribution >= 4 is 34.5 Å². The Morgan fingerprint density at radius 2 is 1.89 bits per heavy atom. The van der Waals surface area contributed by atoms with Crippen LogP contribution in [0.2, 0.25) is 0 Å². The molecule has 1 fully saturated rings. The molecule has 1 aliphatic carbocycles. The van der Waals surface area contributed by atoms with Crippen LogP contribution >= 0.6 is 0 Å². The van der Waals surface area contributed by atoms with Crippen LogP contribution in [0.15, 0.2) is 29.4 Å². The number of rotatable bonds is 0. The van der Waals surface area contributed by atoms with Gasteiger partial charge in [0.05, 0.1) is 28.8 Å². The van der Waals surface area contributed by atoms with Crippen LogP contribution in [0.4, 0.5) is 4.79 Å². The summed E-state index contributed by atoms with van der Waals surface area (Å²) in [6.07, 6.45) is -0.511. The lowest BCUT2D eigenvalue weighted by Gasteiger charge is -2.26. The largest absolute Gasteiger partial charge is 0.443 e. The van der Waals surface area contributed by atoms with Crippen LogP contribution in [0.5, 0.6) is 0 Å². The van der Waals surface area contributed by atoms with Gasteiger partial charge in [-0.25, -0.2) is 9.36 Å². The summed E-state index contributed by atoms with van der Waals surface area (Å²) < 4.78 is 6.92. The van der Waals surface area contributed by atoms with Crippen LogP contribution in [0.1, 0.15) is 44.4 Å². The fourth-order valence-electron chi connectivity index (χ4n) is 4.16. The number of likely N-dealkylation sites (N-methyl/N-ethyl adjacent to an activating group) is 1. The third-order valence-electron chi connectivity index (χ3n) is 5.25. The van der Waals surface area contributed by atoms with E-state index < -0.39 is 23.5 Å². The van der Waals surface area contributed by atoms with Crippen LogP contribution in [-0.4, -0.2) is 50.9 Å². The van der Waals surface area contributed by atoms with Gasteiger partial charge in [-0.05, 0) is 26.8 Å². The molecular weight excluding hydrogens is 362 g/mol. The highest BCUT2D eigenvalue weighted by Crippen LogP contribution is 2.46. The van der Waals surface area contributed by atoms with Gasteiger partial charge in [-0.2, -0.15) is 0 Å². The summed E-state index contributed by atoms with van der Waals surface area (Å²) in [5, 5.41) is 13.7. The monoisotopic (exact) mass is 383 g/mol. The predicted molar refractivity (Wildman–Crippen MR) is 101 cm³/mol. The molecule has 28 heavy (non-hydrogen) atoms. The number of fused-ring (bicyclic) bond motifs is 5. The Morgan fingerprint density at radius 1 is 1.21 bits per heavy atom. The quantitative estimate of drug-likeness (QED) is 0.428. The number of hydrogen-bond donors (Lipinski definition) is 1. The van der Waals surface area contributed by atoms with Gasteiger partial charge < -0.3 is 9.94 Å². The van der Waals surface area contributed by atoms with Crippen molar-refractivity contribution in [1.82, 2.24) is 9.47 Å². The first-order chi connectivity index (χ1) is 13.2. The van der Waals surface area contributed by atoms with Gasteiger partial charge in [0.25, 0.3) is 0 Å². The van der Waals surface area contributed by atoms with Crippen LogP contribution < -0.4 is 0 Å². The van der Waals surface area contributed by atoms with Gasteiger partial charge in [0.1, 0.15) is 5.60 Å². The lowest BCUT2D eigenvalue weighted by atomic mass is 9.78. The second-order valence-corrected chi connectivity index (χ2v) is 8.16. The molecule has 2 atom stereocenters. The Kier molecular flexibility index (Phi) is 3.85. The summed E-state index contributed by atoms with van der Waals surface area (Å²) in [4.78, 5) is 39.6. The smallest absolute Gasteiger partial charge is 0.419 e. The Balaban J connectivity index is 2.06. The molecule has 0 spiro atoms. The highest BCUT2D eigenvalue weighted by Gasteiger charge is 2.53. The van der Waals surface area contributed by atoms with E-state index in [0.29, 0.717) is 22.2 Å². The summed E-state index contributed by atoms with van der Waals surface area (Å²) in [5.41, 5.74) is 0.942. The van der Waals surface area contributed by atoms with Crippen molar-refractivity contribution in [2.24, 2.45) is 11.1 Å². The fourth-order valence-corrected chi connectivity index (χ4v) is 4.16. The topological polar surface area (TPSA) is 101 Å². The van der Waals surface area contributed by atoms with E-state index in [1.54, 1.807) is 45.0 Å². The zero-order valence-electron chi connectivity index (χ0n) is 16.1. The third-order valence-corrected chi connectivity index (χ3v) is 5.25. The fraction of sp³-hybridized carbons (Fsp3) is 0.400. The number of aromatic nitrogens is 1. The standard InChI is InChI=1S/C20H21N3O5/c1-20(2,3)28-19(26)23-13-8-6-5-7-10(13)14-12(21-27)9-11-15(16(14)23)18(25)22(4)17(11)24/h5-8,11,15,27H,9H2,1-4H3. The normalized spacial score (nSPS) is 23.3. The summed E-state index contributed by atoms with van der Waals surface area (Å²) in [6, 6.07) is 7.12. The molecule has 2 aliphatic rings. The van der Waals surface area contributed by atoms with E-state index in [1.807, 2.05) is 0 Å². The van der Waals surface area contributed by atoms with Crippen molar-refractivity contribution < 1.29 is 24.3 Å². The van der Waals surface area contributed by atoms with Crippen LogP contribution in [-0.2, 0) is 14.3 Å². The van der Waals surface area contributed by atoms with E-state index in [9.17, 15) is 19.6 Å². The molecule has 0 saturated carbocycles. The van der Waals surface area contributed by atoms with Crippen LogP contribution in [0.25, 0.3) is 10.9 Å². The molecule has 1 aromatic carbocycles. The number of carbonyl (C=O) groups is 3. The lowest BCUT2D eigenvalue weighted by Crippen LogP contribution is -2.33. The molecule has 0 bridgehead atoms. The molecule has 2 heterocycles. The second kappa shape index (κ2) is 5.92. The zero-order valence-corrected chi connectivity index (χ0v) is 16.1. The maximum Gasteiger partial charge on any atom is 0.419 e. The minimum atomic E-state index is -0.821. The number of ether oxygens (including phenoxy) is 1. The molecule has 1 saturated heterocycles. The Labute approximate surface area is 161 Å². The molecule has 8 heteroatoms. The van der Waals surface area contributed by atoms with Crippen molar-refractivity contribution in [2.45, 2.75) is 38.7 Å². The molecule has 4 rings (SSSR count). The Morgan fingerprint density at radius 3 is 2.54 bits per heavy atom. The number of benzene rings is 1. The third kappa shape index (κ3) is 2.44. The van der Waals surface area contributed by atoms with E-state index >= 15 is 0 Å². The molecule has 1 N–H and O–H groups in total. The minimum Gasteiger partial charge on any atom is -0.443 e. The molecule has 146 valence electrons. The molecule has 0 radical (unpaired) electrons. The van der Waals surface area contributed by atoms with Gasteiger partial charge in [0.15, 0.2) is 0 Å². The molecule has 1 aliphatic heterocycles. The molecule has 8 nitrogen and oxygen atoms in total. The summed E-state index contributed by atoms with van der Waals surface area (Å²) in [5.74, 6) is -2.25. The number of likely N-dealkylation sites (tertiary alicyclic amines) is 1. The van der Waals surface area contributed by atoms with Gasteiger partial charge in [-0.15, -0.1) is 0 Å². The predicted octanol–water partition coefficient (Wildman–Crippen LogP) is 2.70. The van der Waals surface area contributed by atoms with Crippen molar-refractivity contribution in [1.29, 1.82) is 0 Å². The Bertz CT molecular complexity index is 1060. The zero-order chi connectivity index (χ0) is 20.4. The number of oxime groups is 1. The maximum absolute atomic E-state index is 13.1. The second-order valence-electron chi connectivity index (χ2n) is 8.16. The van der Waals surface area contributed by atoms with Gasteiger partial charge >= 0.3 is 6.09 Å². The molecule has 2 amide bonds. The highest BCUT2D eigenvalue weighted by atomic mass is 16.6. The van der Waals surface area contributed by atoms with E-state index in [4.69, 9.17) is 4.74 Å². The van der Waals surface area contributed by atoms with E-state index in [2.05, 4.69) is 5.16 Å². The summed E-state index contributed by atoms with van der Waals surface area (Å²) in [6.45, 7) is 5.26. The van der Waals surface area contributed by atoms with Crippen molar-refractivity contribution in [2.75, 3.05) is 7.05 Å². The summed E-state index contributed by atoms with van der Waals surface area (Å²) in [7, 11) is 1.43. The molecule has 2 aromatic rings. The number of amides is 2. The van der Waals surface area contributed by atoms with Crippen LogP contribution in [0.3, 0.4) is 0 Å². The number of hydrogen-bond acceptors (Lipinski definition) is 6. The molecular formula is C20H21N3O5. The number of para-hydroxylation sites is 1. The van der Waals surface area contributed by atoms with Crippen LogP contribution in [0, 0.1) is 5.92 Å². The SMILES string of the molecule is CN1C(=O)C2CC(=NO)c3c(n(C(=O)OC(C)(C)C)c4ccccc34)C2C1=O. The first kappa shape index (κ1) is 18.2. The van der Waals surface area contributed by atoms with Gasteiger partial charge in [-0.1, -0.05) is 23.4 Å². The van der Waals surface area contributed by atoms with Crippen molar-refractivity contribution in [3.05, 3.63) is 35.5 Å². The number of carbonyl (C=O) groups excluding carboxylic acids is 3. The van der Waals surface area contributed by atoms with Crippen molar-refractivity contribution in [3.8, 4) is 0 Å². The Hall–Kier alpha value is -3.16.